The van der Waals surface area contributed by atoms with E-state index in [0.29, 0.717) is 19.6 Å². The third kappa shape index (κ3) is 3.63. The molecule has 17 heavy (non-hydrogen) atoms. The van der Waals surface area contributed by atoms with E-state index >= 15 is 0 Å². The van der Waals surface area contributed by atoms with Crippen LogP contribution in [0.15, 0.2) is 0 Å². The summed E-state index contributed by atoms with van der Waals surface area (Å²) in [6, 6.07) is 0. The third-order valence-corrected chi connectivity index (χ3v) is 3.01. The fraction of sp³-hybridized carbons (Fsp3) is 0.750. The van der Waals surface area contributed by atoms with E-state index in [0.717, 1.165) is 0 Å². The highest BCUT2D eigenvalue weighted by atomic mass is 16.5. The normalized spacial score (nSPS) is 20.9. The Balaban J connectivity index is 2.61. The van der Waals surface area contributed by atoms with Gasteiger partial charge in [-0.05, 0) is 6.42 Å². The van der Waals surface area contributed by atoms with E-state index in [1.165, 1.54) is 7.11 Å². The van der Waals surface area contributed by atoms with Crippen molar-refractivity contribution in [3.05, 3.63) is 0 Å². The van der Waals surface area contributed by atoms with Gasteiger partial charge in [0, 0.05) is 25.4 Å². The summed E-state index contributed by atoms with van der Waals surface area (Å²) in [5, 5.41) is 0. The predicted octanol–water partition coefficient (Wildman–Crippen LogP) is 0.750. The van der Waals surface area contributed by atoms with E-state index in [2.05, 4.69) is 4.74 Å². The molecule has 0 spiro atoms. The minimum atomic E-state index is -0.946. The molecule has 2 atom stereocenters. The van der Waals surface area contributed by atoms with Gasteiger partial charge >= 0.3 is 5.97 Å². The molecule has 5 nitrogen and oxygen atoms in total. The standard InChI is InChI=1S/C12H18O5/c1-3-10(13)9(12(15)16-2)6-11(14)8-4-5-17-7-8/h8-9H,3-7H2,1-2H3. The largest absolute Gasteiger partial charge is 0.468 e. The molecule has 5 heteroatoms. The van der Waals surface area contributed by atoms with Gasteiger partial charge in [0.15, 0.2) is 0 Å². The lowest BCUT2D eigenvalue weighted by molar-refractivity contribution is -0.151. The SMILES string of the molecule is CCC(=O)C(CC(=O)C1CCOC1)C(=O)OC. The number of ketones is 2. The Kier molecular flexibility index (Phi) is 5.28. The van der Waals surface area contributed by atoms with Crippen LogP contribution in [-0.2, 0) is 23.9 Å². The van der Waals surface area contributed by atoms with Gasteiger partial charge in [0.25, 0.3) is 0 Å². The Morgan fingerprint density at radius 3 is 2.59 bits per heavy atom. The van der Waals surface area contributed by atoms with Gasteiger partial charge in [-0.3, -0.25) is 14.4 Å². The van der Waals surface area contributed by atoms with Crippen LogP contribution in [0, 0.1) is 11.8 Å². The molecule has 1 aliphatic heterocycles. The highest BCUT2D eigenvalue weighted by molar-refractivity contribution is 6.02. The Morgan fingerprint density at radius 2 is 2.12 bits per heavy atom. The molecule has 1 rings (SSSR count). The molecule has 1 heterocycles. The molecule has 0 saturated carbocycles. The second-order valence-corrected chi connectivity index (χ2v) is 4.13. The van der Waals surface area contributed by atoms with Crippen LogP contribution in [0.25, 0.3) is 0 Å². The molecule has 0 amide bonds. The lowest BCUT2D eigenvalue weighted by Crippen LogP contribution is -2.29. The zero-order chi connectivity index (χ0) is 12.8. The number of rotatable bonds is 6. The zero-order valence-electron chi connectivity index (χ0n) is 10.2. The van der Waals surface area contributed by atoms with Crippen LogP contribution >= 0.6 is 0 Å². The molecular weight excluding hydrogens is 224 g/mol. The summed E-state index contributed by atoms with van der Waals surface area (Å²) in [5.41, 5.74) is 0. The van der Waals surface area contributed by atoms with Crippen LogP contribution < -0.4 is 0 Å². The number of methoxy groups -OCH3 is 1. The highest BCUT2D eigenvalue weighted by Gasteiger charge is 2.32. The summed E-state index contributed by atoms with van der Waals surface area (Å²) in [5.74, 6) is -2.07. The van der Waals surface area contributed by atoms with E-state index in [1.54, 1.807) is 6.92 Å². The molecule has 0 radical (unpaired) electrons. The number of carbonyl (C=O) groups is 3. The van der Waals surface area contributed by atoms with E-state index < -0.39 is 11.9 Å². The predicted molar refractivity (Wildman–Crippen MR) is 59.4 cm³/mol. The van der Waals surface area contributed by atoms with Crippen molar-refractivity contribution in [2.24, 2.45) is 11.8 Å². The Hall–Kier alpha value is -1.23. The van der Waals surface area contributed by atoms with Gasteiger partial charge in [0.1, 0.15) is 17.5 Å². The average molecular weight is 242 g/mol. The van der Waals surface area contributed by atoms with Crippen molar-refractivity contribution in [2.45, 2.75) is 26.2 Å². The quantitative estimate of drug-likeness (QED) is 0.508. The van der Waals surface area contributed by atoms with Gasteiger partial charge in [0.05, 0.1) is 13.7 Å². The molecule has 0 aromatic carbocycles. The Morgan fingerprint density at radius 1 is 1.41 bits per heavy atom. The summed E-state index contributed by atoms with van der Waals surface area (Å²) in [4.78, 5) is 34.9. The number of carbonyl (C=O) groups excluding carboxylic acids is 3. The van der Waals surface area contributed by atoms with Crippen molar-refractivity contribution in [3.8, 4) is 0 Å². The minimum Gasteiger partial charge on any atom is -0.468 e. The van der Waals surface area contributed by atoms with Crippen molar-refractivity contribution in [1.29, 1.82) is 0 Å². The van der Waals surface area contributed by atoms with Gasteiger partial charge in [0.2, 0.25) is 0 Å². The molecule has 1 aliphatic rings. The maximum atomic E-state index is 11.9. The van der Waals surface area contributed by atoms with Crippen LogP contribution in [0.1, 0.15) is 26.2 Å². The molecule has 0 aromatic rings. The van der Waals surface area contributed by atoms with E-state index in [-0.39, 0.29) is 30.3 Å². The zero-order valence-corrected chi connectivity index (χ0v) is 10.2. The summed E-state index contributed by atoms with van der Waals surface area (Å²) < 4.78 is 9.67. The average Bonchev–Trinajstić information content (AvgIpc) is 2.87. The summed E-state index contributed by atoms with van der Waals surface area (Å²) in [6.45, 7) is 2.63. The van der Waals surface area contributed by atoms with Crippen molar-refractivity contribution in [2.75, 3.05) is 20.3 Å². The van der Waals surface area contributed by atoms with Crippen LogP contribution in [-0.4, -0.2) is 37.9 Å². The number of esters is 1. The lowest BCUT2D eigenvalue weighted by Gasteiger charge is -2.13. The van der Waals surface area contributed by atoms with E-state index in [9.17, 15) is 14.4 Å². The smallest absolute Gasteiger partial charge is 0.316 e. The second-order valence-electron chi connectivity index (χ2n) is 4.13. The molecule has 0 bridgehead atoms. The molecule has 96 valence electrons. The van der Waals surface area contributed by atoms with E-state index in [1.807, 2.05) is 0 Å². The van der Waals surface area contributed by atoms with Gasteiger partial charge in [-0.15, -0.1) is 0 Å². The van der Waals surface area contributed by atoms with Crippen LogP contribution in [0.4, 0.5) is 0 Å². The van der Waals surface area contributed by atoms with Gasteiger partial charge in [-0.2, -0.15) is 0 Å². The molecular formula is C12H18O5. The molecule has 0 aliphatic carbocycles. The topological polar surface area (TPSA) is 69.7 Å². The first-order valence-corrected chi connectivity index (χ1v) is 5.81. The van der Waals surface area contributed by atoms with Crippen molar-refractivity contribution in [3.63, 3.8) is 0 Å². The fourth-order valence-corrected chi connectivity index (χ4v) is 1.87. The first-order valence-electron chi connectivity index (χ1n) is 5.81. The number of Topliss-reactive ketones (excluding diaryl/α,β-unsaturated/α-hetero) is 2. The summed E-state index contributed by atoms with van der Waals surface area (Å²) in [7, 11) is 1.22. The molecule has 0 N–H and O–H groups in total. The second kappa shape index (κ2) is 6.49. The van der Waals surface area contributed by atoms with Crippen LogP contribution in [0.3, 0.4) is 0 Å². The summed E-state index contributed by atoms with van der Waals surface area (Å²) in [6.07, 6.45) is 0.842. The van der Waals surface area contributed by atoms with Crippen molar-refractivity contribution < 1.29 is 23.9 Å². The number of hydrogen-bond donors (Lipinski definition) is 0. The van der Waals surface area contributed by atoms with Crippen LogP contribution in [0.2, 0.25) is 0 Å². The monoisotopic (exact) mass is 242 g/mol. The van der Waals surface area contributed by atoms with Gasteiger partial charge < -0.3 is 9.47 Å². The number of hydrogen-bond acceptors (Lipinski definition) is 5. The molecule has 0 aromatic heterocycles. The minimum absolute atomic E-state index is 0.0621. The van der Waals surface area contributed by atoms with Crippen molar-refractivity contribution in [1.82, 2.24) is 0 Å². The number of ether oxygens (including phenoxy) is 2. The fourth-order valence-electron chi connectivity index (χ4n) is 1.87. The van der Waals surface area contributed by atoms with E-state index in [4.69, 9.17) is 4.74 Å². The molecule has 1 saturated heterocycles. The maximum Gasteiger partial charge on any atom is 0.316 e. The highest BCUT2D eigenvalue weighted by Crippen LogP contribution is 2.19. The lowest BCUT2D eigenvalue weighted by atomic mass is 9.90. The molecule has 1 fully saturated rings. The summed E-state index contributed by atoms with van der Waals surface area (Å²) >= 11 is 0. The first kappa shape index (κ1) is 13.8. The van der Waals surface area contributed by atoms with Crippen molar-refractivity contribution >= 4 is 17.5 Å². The Labute approximate surface area is 100 Å². The third-order valence-electron chi connectivity index (χ3n) is 3.01. The maximum absolute atomic E-state index is 11.9. The molecule has 2 unspecified atom stereocenters. The Bertz CT molecular complexity index is 288. The van der Waals surface area contributed by atoms with Gasteiger partial charge in [-0.1, -0.05) is 6.92 Å². The first-order chi connectivity index (χ1) is 8.10. The van der Waals surface area contributed by atoms with Crippen LogP contribution in [0.5, 0.6) is 0 Å². The van der Waals surface area contributed by atoms with Gasteiger partial charge in [-0.25, -0.2) is 0 Å².